The van der Waals surface area contributed by atoms with E-state index < -0.39 is 47.2 Å². The molecule has 0 aliphatic heterocycles. The second kappa shape index (κ2) is 31.1. The SMILES string of the molecule is CCCCCCCCCCCCCOCCOCCOCCOCCOCCOCCOCCC(=O)Oc1c(F)c(F)c(F)c(F)c1F. The molecule has 0 radical (unpaired) electrons. The number of esters is 1. The third-order valence-electron chi connectivity index (χ3n) is 6.96. The summed E-state index contributed by atoms with van der Waals surface area (Å²) in [5.74, 6) is -14.1. The number of rotatable bonds is 34. The van der Waals surface area contributed by atoms with Gasteiger partial charge in [-0.1, -0.05) is 71.1 Å². The Morgan fingerprint density at radius 3 is 1.06 bits per heavy atom. The van der Waals surface area contributed by atoms with Crippen molar-refractivity contribution >= 4 is 5.97 Å². The van der Waals surface area contributed by atoms with Gasteiger partial charge in [-0.15, -0.1) is 0 Å². The molecule has 0 N–H and O–H groups in total. The van der Waals surface area contributed by atoms with Crippen LogP contribution in [-0.2, 0) is 38.0 Å². The van der Waals surface area contributed by atoms with Gasteiger partial charge in [-0.05, 0) is 6.42 Å². The van der Waals surface area contributed by atoms with Gasteiger partial charge in [-0.25, -0.2) is 13.2 Å². The fourth-order valence-electron chi connectivity index (χ4n) is 4.28. The second-order valence-corrected chi connectivity index (χ2v) is 10.9. The molecule has 0 fully saturated rings. The number of ether oxygens (including phenoxy) is 8. The summed E-state index contributed by atoms with van der Waals surface area (Å²) in [5.41, 5.74) is 0. The van der Waals surface area contributed by atoms with E-state index in [2.05, 4.69) is 11.7 Å². The number of halogens is 5. The van der Waals surface area contributed by atoms with Crippen molar-refractivity contribution in [2.24, 2.45) is 0 Å². The second-order valence-electron chi connectivity index (χ2n) is 10.9. The highest BCUT2D eigenvalue weighted by atomic mass is 19.2. The first-order valence-electron chi connectivity index (χ1n) is 17.2. The molecule has 0 amide bonds. The molecular formula is C34H55F5O9. The highest BCUT2D eigenvalue weighted by molar-refractivity contribution is 5.72. The van der Waals surface area contributed by atoms with Gasteiger partial charge in [-0.3, -0.25) is 4.79 Å². The van der Waals surface area contributed by atoms with Gasteiger partial charge in [-0.2, -0.15) is 8.78 Å². The van der Waals surface area contributed by atoms with Gasteiger partial charge in [0, 0.05) is 6.61 Å². The average Bonchev–Trinajstić information content (AvgIpc) is 3.08. The van der Waals surface area contributed by atoms with E-state index in [4.69, 9.17) is 33.2 Å². The zero-order chi connectivity index (χ0) is 35.1. The zero-order valence-corrected chi connectivity index (χ0v) is 28.4. The van der Waals surface area contributed by atoms with Crippen LogP contribution in [0.1, 0.15) is 84.0 Å². The Labute approximate surface area is 282 Å². The van der Waals surface area contributed by atoms with Crippen LogP contribution in [0.5, 0.6) is 5.75 Å². The average molecular weight is 703 g/mol. The van der Waals surface area contributed by atoms with Gasteiger partial charge >= 0.3 is 5.97 Å². The summed E-state index contributed by atoms with van der Waals surface area (Å²) in [7, 11) is 0. The molecule has 0 saturated heterocycles. The maximum Gasteiger partial charge on any atom is 0.313 e. The number of hydrogen-bond acceptors (Lipinski definition) is 9. The molecule has 0 aromatic heterocycles. The molecule has 0 heterocycles. The summed E-state index contributed by atoms with van der Waals surface area (Å²) < 4.78 is 108. The number of carbonyl (C=O) groups is 1. The third-order valence-corrected chi connectivity index (χ3v) is 6.96. The minimum Gasteiger partial charge on any atom is -0.420 e. The first-order chi connectivity index (χ1) is 23.4. The summed E-state index contributed by atoms with van der Waals surface area (Å²) in [6, 6.07) is 0. The van der Waals surface area contributed by atoms with E-state index in [9.17, 15) is 26.7 Å². The Hall–Kier alpha value is -1.94. The van der Waals surface area contributed by atoms with Crippen LogP contribution in [-0.4, -0.2) is 98.5 Å². The summed E-state index contributed by atoms with van der Waals surface area (Å²) in [4.78, 5) is 11.6. The van der Waals surface area contributed by atoms with E-state index in [0.29, 0.717) is 66.1 Å². The molecule has 0 unspecified atom stereocenters. The van der Waals surface area contributed by atoms with E-state index >= 15 is 0 Å². The number of carbonyl (C=O) groups excluding carboxylic acids is 1. The van der Waals surface area contributed by atoms with Crippen molar-refractivity contribution in [2.75, 3.05) is 92.5 Å². The molecule has 0 atom stereocenters. The minimum absolute atomic E-state index is 0.0945. The minimum atomic E-state index is -2.34. The lowest BCUT2D eigenvalue weighted by Crippen LogP contribution is -2.16. The van der Waals surface area contributed by atoms with E-state index in [-0.39, 0.29) is 19.8 Å². The maximum atomic E-state index is 13.5. The first kappa shape index (κ1) is 44.1. The van der Waals surface area contributed by atoms with Crippen LogP contribution >= 0.6 is 0 Å². The largest absolute Gasteiger partial charge is 0.420 e. The van der Waals surface area contributed by atoms with Crippen molar-refractivity contribution in [1.29, 1.82) is 0 Å². The Bertz CT molecular complexity index is 914. The van der Waals surface area contributed by atoms with Crippen LogP contribution in [0.25, 0.3) is 0 Å². The van der Waals surface area contributed by atoms with Crippen LogP contribution in [0.4, 0.5) is 22.0 Å². The molecular weight excluding hydrogens is 647 g/mol. The number of benzene rings is 1. The van der Waals surface area contributed by atoms with Gasteiger partial charge in [0.05, 0.1) is 92.3 Å². The van der Waals surface area contributed by atoms with Gasteiger partial charge < -0.3 is 37.9 Å². The molecule has 1 aromatic carbocycles. The molecule has 0 aliphatic carbocycles. The Kier molecular flexibility index (Phi) is 28.5. The molecule has 1 rings (SSSR count). The molecule has 14 heteroatoms. The molecule has 0 bridgehead atoms. The standard InChI is InChI=1S/C34H55F5O9/c1-2-3-4-5-6-7-8-9-10-11-12-14-41-16-18-43-20-22-45-24-26-47-27-25-46-23-21-44-19-17-42-15-13-28(40)48-34-32(38)30(36)29(35)31(37)33(34)39/h2-27H2,1H3. The maximum absolute atomic E-state index is 13.5. The monoisotopic (exact) mass is 702 g/mol. The fraction of sp³-hybridized carbons (Fsp3) is 0.794. The topological polar surface area (TPSA) is 90.9 Å². The first-order valence-corrected chi connectivity index (χ1v) is 17.2. The third kappa shape index (κ3) is 22.6. The fourth-order valence-corrected chi connectivity index (χ4v) is 4.28. The molecule has 48 heavy (non-hydrogen) atoms. The molecule has 0 aliphatic rings. The highest BCUT2D eigenvalue weighted by Gasteiger charge is 2.28. The van der Waals surface area contributed by atoms with Crippen molar-refractivity contribution in [1.82, 2.24) is 0 Å². The van der Waals surface area contributed by atoms with E-state index in [1.807, 2.05) is 0 Å². The Morgan fingerprint density at radius 1 is 0.396 bits per heavy atom. The highest BCUT2D eigenvalue weighted by Crippen LogP contribution is 2.29. The van der Waals surface area contributed by atoms with Crippen molar-refractivity contribution in [3.63, 3.8) is 0 Å². The summed E-state index contributed by atoms with van der Waals surface area (Å²) >= 11 is 0. The Morgan fingerprint density at radius 2 is 0.688 bits per heavy atom. The Balaban J connectivity index is 1.75. The van der Waals surface area contributed by atoms with Crippen molar-refractivity contribution in [3.8, 4) is 5.75 Å². The molecule has 280 valence electrons. The van der Waals surface area contributed by atoms with Crippen molar-refractivity contribution in [2.45, 2.75) is 84.0 Å². The molecule has 0 spiro atoms. The summed E-state index contributed by atoms with van der Waals surface area (Å²) in [6.07, 6.45) is 14.1. The van der Waals surface area contributed by atoms with E-state index in [1.54, 1.807) is 0 Å². The zero-order valence-electron chi connectivity index (χ0n) is 28.4. The summed E-state index contributed by atoms with van der Waals surface area (Å²) in [5, 5.41) is 0. The molecule has 0 saturated carbocycles. The van der Waals surface area contributed by atoms with Crippen LogP contribution in [0, 0.1) is 29.1 Å². The molecule has 9 nitrogen and oxygen atoms in total. The lowest BCUT2D eigenvalue weighted by atomic mass is 10.1. The smallest absolute Gasteiger partial charge is 0.313 e. The van der Waals surface area contributed by atoms with Gasteiger partial charge in [0.15, 0.2) is 0 Å². The van der Waals surface area contributed by atoms with Gasteiger partial charge in [0.1, 0.15) is 0 Å². The lowest BCUT2D eigenvalue weighted by Gasteiger charge is -2.09. The van der Waals surface area contributed by atoms with Crippen LogP contribution in [0.2, 0.25) is 0 Å². The van der Waals surface area contributed by atoms with Crippen molar-refractivity contribution in [3.05, 3.63) is 29.1 Å². The normalized spacial score (nSPS) is 11.5. The van der Waals surface area contributed by atoms with E-state index in [1.165, 1.54) is 64.2 Å². The van der Waals surface area contributed by atoms with Gasteiger partial charge in [0.2, 0.25) is 34.8 Å². The van der Waals surface area contributed by atoms with Gasteiger partial charge in [0.25, 0.3) is 0 Å². The quantitative estimate of drug-likeness (QED) is 0.0186. The summed E-state index contributed by atoms with van der Waals surface area (Å²) in [6.45, 7) is 7.56. The van der Waals surface area contributed by atoms with Crippen LogP contribution in [0.3, 0.4) is 0 Å². The van der Waals surface area contributed by atoms with E-state index in [0.717, 1.165) is 13.0 Å². The van der Waals surface area contributed by atoms with Crippen LogP contribution < -0.4 is 4.74 Å². The number of hydrogen-bond donors (Lipinski definition) is 0. The molecule has 1 aromatic rings. The van der Waals surface area contributed by atoms with Crippen molar-refractivity contribution < 1.29 is 64.6 Å². The number of unbranched alkanes of at least 4 members (excludes halogenated alkanes) is 10. The predicted octanol–water partition coefficient (Wildman–Crippen LogP) is 7.10. The van der Waals surface area contributed by atoms with Crippen LogP contribution in [0.15, 0.2) is 0 Å². The predicted molar refractivity (Wildman–Crippen MR) is 169 cm³/mol. The lowest BCUT2D eigenvalue weighted by molar-refractivity contribution is -0.136.